The Morgan fingerprint density at radius 1 is 0.909 bits per heavy atom. The second-order valence-electron chi connectivity index (χ2n) is 9.49. The van der Waals surface area contributed by atoms with E-state index >= 15 is 0 Å². The van der Waals surface area contributed by atoms with Gasteiger partial charge in [0.25, 0.3) is 0 Å². The number of halogens is 1. The van der Waals surface area contributed by atoms with Gasteiger partial charge < -0.3 is 20.3 Å². The highest BCUT2D eigenvalue weighted by Gasteiger charge is 2.28. The average Bonchev–Trinajstić information content (AvgIpc) is 2.83. The van der Waals surface area contributed by atoms with Crippen LogP contribution in [0.5, 0.6) is 0 Å². The third-order valence-corrected chi connectivity index (χ3v) is 6.66. The van der Waals surface area contributed by atoms with E-state index in [4.69, 9.17) is 9.73 Å². The summed E-state index contributed by atoms with van der Waals surface area (Å²) in [6.45, 7) is 21.9. The maximum atomic E-state index is 5.50. The summed E-state index contributed by atoms with van der Waals surface area (Å²) in [6.07, 6.45) is 0. The van der Waals surface area contributed by atoms with E-state index in [0.29, 0.717) is 6.54 Å². The molecule has 33 heavy (non-hydrogen) atoms. The van der Waals surface area contributed by atoms with Crippen LogP contribution >= 0.6 is 24.0 Å². The number of ether oxygens (including phenoxy) is 1. The average molecular weight is 573 g/mol. The first-order chi connectivity index (χ1) is 15.5. The fraction of sp³-hybridized carbons (Fsp3) is 0.720. The van der Waals surface area contributed by atoms with E-state index in [1.807, 2.05) is 0 Å². The quantitative estimate of drug-likeness (QED) is 0.270. The minimum Gasteiger partial charge on any atom is -0.379 e. The summed E-state index contributed by atoms with van der Waals surface area (Å²) in [5.74, 6) is 0.881. The van der Waals surface area contributed by atoms with Gasteiger partial charge >= 0.3 is 0 Å². The number of rotatable bonds is 9. The van der Waals surface area contributed by atoms with Gasteiger partial charge in [-0.05, 0) is 38.4 Å². The highest BCUT2D eigenvalue weighted by atomic mass is 127. The van der Waals surface area contributed by atoms with Crippen molar-refractivity contribution >= 4 is 29.9 Å². The first-order valence-corrected chi connectivity index (χ1v) is 12.4. The third-order valence-electron chi connectivity index (χ3n) is 6.66. The first-order valence-electron chi connectivity index (χ1n) is 12.4. The van der Waals surface area contributed by atoms with E-state index in [2.05, 4.69) is 77.3 Å². The number of guanidine groups is 1. The van der Waals surface area contributed by atoms with Crippen LogP contribution in [-0.4, -0.2) is 98.3 Å². The summed E-state index contributed by atoms with van der Waals surface area (Å²) in [6, 6.07) is 8.97. The summed E-state index contributed by atoms with van der Waals surface area (Å²) in [5.41, 5.74) is 2.69. The zero-order valence-corrected chi connectivity index (χ0v) is 23.4. The number of morpholine rings is 1. The third kappa shape index (κ3) is 9.32. The van der Waals surface area contributed by atoms with Gasteiger partial charge in [0.15, 0.2) is 5.96 Å². The Kier molecular flexibility index (Phi) is 12.4. The van der Waals surface area contributed by atoms with Gasteiger partial charge in [-0.25, -0.2) is 4.99 Å². The van der Waals surface area contributed by atoms with Gasteiger partial charge in [0, 0.05) is 64.4 Å². The van der Waals surface area contributed by atoms with Crippen molar-refractivity contribution in [2.24, 2.45) is 4.99 Å². The molecule has 0 saturated carbocycles. The van der Waals surface area contributed by atoms with Gasteiger partial charge in [-0.1, -0.05) is 31.2 Å². The monoisotopic (exact) mass is 572 g/mol. The van der Waals surface area contributed by atoms with Crippen molar-refractivity contribution in [3.8, 4) is 0 Å². The van der Waals surface area contributed by atoms with Gasteiger partial charge in [0.1, 0.15) is 0 Å². The van der Waals surface area contributed by atoms with Crippen molar-refractivity contribution in [2.75, 3.05) is 72.1 Å². The number of aliphatic imine (C=N–C) groups is 1. The fourth-order valence-electron chi connectivity index (χ4n) is 4.36. The standard InChI is InChI=1S/C25H44N6O.HI/c1-5-26-24(28-21-25(3,4)31-15-17-32-18-16-31)27-19-22-7-9-23(10-8-22)20-30-13-11-29(6-2)12-14-30;/h7-10H,5-6,11-21H2,1-4H3,(H2,26,27,28);1H. The van der Waals surface area contributed by atoms with Crippen LogP contribution < -0.4 is 10.6 Å². The number of likely N-dealkylation sites (N-methyl/N-ethyl adjacent to an activating group) is 1. The molecule has 2 aliphatic heterocycles. The Labute approximate surface area is 218 Å². The molecule has 8 heteroatoms. The second-order valence-corrected chi connectivity index (χ2v) is 9.49. The molecule has 0 aromatic heterocycles. The van der Waals surface area contributed by atoms with Crippen LogP contribution in [0.15, 0.2) is 29.3 Å². The van der Waals surface area contributed by atoms with Crippen molar-refractivity contribution in [3.63, 3.8) is 0 Å². The van der Waals surface area contributed by atoms with Crippen molar-refractivity contribution in [2.45, 2.75) is 46.3 Å². The summed E-state index contributed by atoms with van der Waals surface area (Å²) in [7, 11) is 0. The van der Waals surface area contributed by atoms with Crippen LogP contribution in [0.1, 0.15) is 38.8 Å². The van der Waals surface area contributed by atoms with Crippen molar-refractivity contribution in [1.29, 1.82) is 0 Å². The molecule has 0 radical (unpaired) electrons. The molecule has 7 nitrogen and oxygen atoms in total. The Morgan fingerprint density at radius 2 is 1.52 bits per heavy atom. The minimum atomic E-state index is 0. The van der Waals surface area contributed by atoms with E-state index < -0.39 is 0 Å². The largest absolute Gasteiger partial charge is 0.379 e. The van der Waals surface area contributed by atoms with Crippen LogP contribution in [0.2, 0.25) is 0 Å². The van der Waals surface area contributed by atoms with E-state index in [0.717, 1.165) is 58.4 Å². The molecule has 2 heterocycles. The maximum Gasteiger partial charge on any atom is 0.191 e. The molecule has 3 rings (SSSR count). The maximum absolute atomic E-state index is 5.50. The van der Waals surface area contributed by atoms with Gasteiger partial charge in [-0.3, -0.25) is 9.80 Å². The molecule has 0 amide bonds. The molecule has 2 N–H and O–H groups in total. The number of nitrogens with one attached hydrogen (secondary N) is 2. The molecule has 0 atom stereocenters. The zero-order valence-electron chi connectivity index (χ0n) is 21.1. The topological polar surface area (TPSA) is 55.4 Å². The molecular formula is C25H45IN6O. The molecule has 0 unspecified atom stereocenters. The summed E-state index contributed by atoms with van der Waals surface area (Å²) in [4.78, 5) is 12.4. The van der Waals surface area contributed by atoms with Crippen molar-refractivity contribution in [3.05, 3.63) is 35.4 Å². The number of hydrogen-bond donors (Lipinski definition) is 2. The number of hydrogen-bond acceptors (Lipinski definition) is 5. The summed E-state index contributed by atoms with van der Waals surface area (Å²) >= 11 is 0. The molecular weight excluding hydrogens is 527 g/mol. The summed E-state index contributed by atoms with van der Waals surface area (Å²) < 4.78 is 5.50. The van der Waals surface area contributed by atoms with Gasteiger partial charge in [0.2, 0.25) is 0 Å². The summed E-state index contributed by atoms with van der Waals surface area (Å²) in [5, 5.41) is 6.94. The lowest BCUT2D eigenvalue weighted by Crippen LogP contribution is -2.56. The SMILES string of the molecule is CCNC(=NCc1ccc(CN2CCN(CC)CC2)cc1)NCC(C)(C)N1CCOCC1.I. The van der Waals surface area contributed by atoms with Gasteiger partial charge in [-0.2, -0.15) is 0 Å². The fourth-order valence-corrected chi connectivity index (χ4v) is 4.36. The Hall–Kier alpha value is -0.940. The van der Waals surface area contributed by atoms with E-state index in [9.17, 15) is 0 Å². The number of nitrogens with zero attached hydrogens (tertiary/aromatic N) is 4. The molecule has 0 aliphatic carbocycles. The van der Waals surface area contributed by atoms with Gasteiger partial charge in [-0.15, -0.1) is 24.0 Å². The normalized spacial score (nSPS) is 19.2. The Bertz CT molecular complexity index is 697. The van der Waals surface area contributed by atoms with Crippen molar-refractivity contribution in [1.82, 2.24) is 25.3 Å². The number of benzene rings is 1. The highest BCUT2D eigenvalue weighted by molar-refractivity contribution is 14.0. The van der Waals surface area contributed by atoms with Crippen LogP contribution in [0.25, 0.3) is 0 Å². The first kappa shape index (κ1) is 28.3. The minimum absolute atomic E-state index is 0. The van der Waals surface area contributed by atoms with Crippen LogP contribution in [0, 0.1) is 0 Å². The molecule has 1 aromatic carbocycles. The lowest BCUT2D eigenvalue weighted by molar-refractivity contribution is -0.00834. The molecule has 1 aromatic rings. The molecule has 2 aliphatic rings. The molecule has 188 valence electrons. The van der Waals surface area contributed by atoms with Crippen molar-refractivity contribution < 1.29 is 4.74 Å². The van der Waals surface area contributed by atoms with E-state index in [1.54, 1.807) is 0 Å². The molecule has 2 saturated heterocycles. The Balaban J connectivity index is 0.00000385. The number of piperazine rings is 1. The van der Waals surface area contributed by atoms with Crippen LogP contribution in [0.3, 0.4) is 0 Å². The molecule has 0 bridgehead atoms. The predicted molar refractivity (Wildman–Crippen MR) is 149 cm³/mol. The lowest BCUT2D eigenvalue weighted by atomic mass is 10.0. The molecule has 2 fully saturated rings. The lowest BCUT2D eigenvalue weighted by Gasteiger charge is -2.41. The zero-order chi connectivity index (χ0) is 22.8. The van der Waals surface area contributed by atoms with Gasteiger partial charge in [0.05, 0.1) is 19.8 Å². The van der Waals surface area contributed by atoms with E-state index in [-0.39, 0.29) is 29.5 Å². The van der Waals surface area contributed by atoms with Crippen LogP contribution in [0.4, 0.5) is 0 Å². The predicted octanol–water partition coefficient (Wildman–Crippen LogP) is 2.61. The smallest absolute Gasteiger partial charge is 0.191 e. The Morgan fingerprint density at radius 3 is 2.12 bits per heavy atom. The highest BCUT2D eigenvalue weighted by Crippen LogP contribution is 2.15. The van der Waals surface area contributed by atoms with E-state index in [1.165, 1.54) is 37.3 Å². The second kappa shape index (κ2) is 14.5. The van der Waals surface area contributed by atoms with Crippen LogP contribution in [-0.2, 0) is 17.8 Å². The molecule has 0 spiro atoms.